The Balaban J connectivity index is 1.17. The molecule has 12 aromatic rings. The van der Waals surface area contributed by atoms with Gasteiger partial charge in [0.1, 0.15) is 11.2 Å². The van der Waals surface area contributed by atoms with E-state index < -0.39 is 0 Å². The molecule has 0 saturated heterocycles. The first-order valence-electron chi connectivity index (χ1n) is 18.8. The molecule has 0 atom stereocenters. The maximum atomic E-state index is 7.00. The number of hydrogen-bond acceptors (Lipinski definition) is 4. The van der Waals surface area contributed by atoms with Crippen molar-refractivity contribution >= 4 is 76.1 Å². The van der Waals surface area contributed by atoms with E-state index in [-0.39, 0.29) is 0 Å². The van der Waals surface area contributed by atoms with Crippen LogP contribution in [0.3, 0.4) is 0 Å². The maximum Gasteiger partial charge on any atom is 0.167 e. The van der Waals surface area contributed by atoms with Crippen LogP contribution in [0.25, 0.3) is 116 Å². The standard InChI is InChI=1S/C51H30N4O/c1-3-13-33-27-37(23-21-31(33)11-1)49-52-50(38-24-22-32-12-2-4-14-34(32)28-38)54-51(53-49)41-25-26-45(55-43-19-9-7-17-39(43)40-18-8-10-20-44(40)55)47-42-29-35-15-5-6-16-36(35)30-46(42)56-48(41)47/h1-30H. The Kier molecular flexibility index (Phi) is 6.56. The number of benzene rings is 9. The van der Waals surface area contributed by atoms with Gasteiger partial charge in [-0.25, -0.2) is 15.0 Å². The average molecular weight is 715 g/mol. The SMILES string of the molecule is c1ccc2cc(-c3nc(-c4ccc5ccccc5c4)nc(-c4ccc(-n5c6ccccc6c6ccccc65)c5c4oc4cc6ccccc6cc45)n3)ccc2c1. The molecule has 3 aromatic heterocycles. The molecule has 12 rings (SSSR count). The number of aromatic nitrogens is 4. The van der Waals surface area contributed by atoms with Crippen LogP contribution >= 0.6 is 0 Å². The number of fused-ring (bicyclic) bond motifs is 9. The lowest BCUT2D eigenvalue weighted by Gasteiger charge is -2.13. The molecule has 0 bridgehead atoms. The fraction of sp³-hybridized carbons (Fsp3) is 0. The minimum absolute atomic E-state index is 0.550. The molecule has 0 aliphatic rings. The van der Waals surface area contributed by atoms with E-state index in [1.807, 2.05) is 0 Å². The molecule has 0 N–H and O–H groups in total. The van der Waals surface area contributed by atoms with E-state index in [0.717, 1.165) is 87.7 Å². The lowest BCUT2D eigenvalue weighted by Crippen LogP contribution is -2.01. The molecule has 0 fully saturated rings. The summed E-state index contributed by atoms with van der Waals surface area (Å²) in [4.78, 5) is 15.6. The summed E-state index contributed by atoms with van der Waals surface area (Å²) in [6.45, 7) is 0. The molecular weight excluding hydrogens is 685 g/mol. The van der Waals surface area contributed by atoms with Crippen LogP contribution in [-0.2, 0) is 0 Å². The highest BCUT2D eigenvalue weighted by atomic mass is 16.3. The summed E-state index contributed by atoms with van der Waals surface area (Å²) in [6, 6.07) is 63.9. The van der Waals surface area contributed by atoms with Crippen molar-refractivity contribution in [2.24, 2.45) is 0 Å². The zero-order chi connectivity index (χ0) is 36.7. The summed E-state index contributed by atoms with van der Waals surface area (Å²) in [6.07, 6.45) is 0. The first-order valence-corrected chi connectivity index (χ1v) is 18.8. The Hall–Kier alpha value is -7.63. The van der Waals surface area contributed by atoms with Crippen molar-refractivity contribution in [1.29, 1.82) is 0 Å². The third-order valence-electron chi connectivity index (χ3n) is 11.2. The second-order valence-electron chi connectivity index (χ2n) is 14.4. The summed E-state index contributed by atoms with van der Waals surface area (Å²) in [5, 5.41) is 11.3. The molecule has 9 aromatic carbocycles. The van der Waals surface area contributed by atoms with Gasteiger partial charge in [-0.1, -0.05) is 133 Å². The second kappa shape index (κ2) is 11.9. The lowest BCUT2D eigenvalue weighted by molar-refractivity contribution is 0.670. The quantitative estimate of drug-likeness (QED) is 0.182. The largest absolute Gasteiger partial charge is 0.455 e. The Morgan fingerprint density at radius 2 is 0.857 bits per heavy atom. The van der Waals surface area contributed by atoms with E-state index >= 15 is 0 Å². The zero-order valence-electron chi connectivity index (χ0n) is 30.0. The van der Waals surface area contributed by atoms with E-state index in [4.69, 9.17) is 19.4 Å². The Labute approximate surface area is 320 Å². The topological polar surface area (TPSA) is 56.7 Å². The molecule has 260 valence electrons. The third kappa shape index (κ3) is 4.71. The first-order chi connectivity index (χ1) is 27.7. The van der Waals surface area contributed by atoms with Gasteiger partial charge < -0.3 is 8.98 Å². The van der Waals surface area contributed by atoms with Crippen molar-refractivity contribution in [3.05, 3.63) is 182 Å². The highest BCUT2D eigenvalue weighted by Crippen LogP contribution is 2.43. The van der Waals surface area contributed by atoms with Crippen LogP contribution in [-0.4, -0.2) is 19.5 Å². The van der Waals surface area contributed by atoms with Gasteiger partial charge in [-0.05, 0) is 80.8 Å². The molecule has 5 heteroatoms. The van der Waals surface area contributed by atoms with Crippen LogP contribution in [0.2, 0.25) is 0 Å². The van der Waals surface area contributed by atoms with Gasteiger partial charge in [0.05, 0.1) is 27.7 Å². The van der Waals surface area contributed by atoms with Crippen LogP contribution < -0.4 is 0 Å². The number of nitrogens with zero attached hydrogens (tertiary/aromatic N) is 4. The van der Waals surface area contributed by atoms with Gasteiger partial charge >= 0.3 is 0 Å². The zero-order valence-corrected chi connectivity index (χ0v) is 30.0. The van der Waals surface area contributed by atoms with Gasteiger partial charge in [-0.3, -0.25) is 0 Å². The highest BCUT2D eigenvalue weighted by Gasteiger charge is 2.23. The van der Waals surface area contributed by atoms with Gasteiger partial charge in [0.2, 0.25) is 0 Å². The maximum absolute atomic E-state index is 7.00. The lowest BCUT2D eigenvalue weighted by atomic mass is 10.0. The normalized spacial score (nSPS) is 11.9. The van der Waals surface area contributed by atoms with Crippen LogP contribution in [0.4, 0.5) is 0 Å². The van der Waals surface area contributed by atoms with Crippen molar-refractivity contribution in [1.82, 2.24) is 19.5 Å². The molecule has 0 radical (unpaired) electrons. The van der Waals surface area contributed by atoms with E-state index in [9.17, 15) is 0 Å². The van der Waals surface area contributed by atoms with E-state index in [0.29, 0.717) is 17.5 Å². The predicted octanol–water partition coefficient (Wildman–Crippen LogP) is 13.3. The fourth-order valence-corrected chi connectivity index (χ4v) is 8.50. The Morgan fingerprint density at radius 3 is 1.45 bits per heavy atom. The second-order valence-corrected chi connectivity index (χ2v) is 14.4. The monoisotopic (exact) mass is 714 g/mol. The molecular formula is C51H30N4O. The van der Waals surface area contributed by atoms with Crippen LogP contribution in [0, 0.1) is 0 Å². The summed E-state index contributed by atoms with van der Waals surface area (Å²) in [7, 11) is 0. The van der Waals surface area contributed by atoms with Gasteiger partial charge in [-0.15, -0.1) is 0 Å². The van der Waals surface area contributed by atoms with Crippen molar-refractivity contribution in [3.8, 4) is 39.9 Å². The first kappa shape index (κ1) is 30.8. The third-order valence-corrected chi connectivity index (χ3v) is 11.2. The Morgan fingerprint density at radius 1 is 0.375 bits per heavy atom. The van der Waals surface area contributed by atoms with Crippen molar-refractivity contribution in [3.63, 3.8) is 0 Å². The van der Waals surface area contributed by atoms with Crippen LogP contribution in [0.5, 0.6) is 0 Å². The van der Waals surface area contributed by atoms with Gasteiger partial charge in [-0.2, -0.15) is 0 Å². The number of para-hydroxylation sites is 2. The molecule has 56 heavy (non-hydrogen) atoms. The van der Waals surface area contributed by atoms with Crippen molar-refractivity contribution < 1.29 is 4.42 Å². The number of hydrogen-bond donors (Lipinski definition) is 0. The number of furan rings is 1. The van der Waals surface area contributed by atoms with Gasteiger partial charge in [0.15, 0.2) is 17.5 Å². The molecule has 0 spiro atoms. The van der Waals surface area contributed by atoms with Crippen LogP contribution in [0.1, 0.15) is 0 Å². The minimum Gasteiger partial charge on any atom is -0.455 e. The van der Waals surface area contributed by atoms with Gasteiger partial charge in [0, 0.05) is 27.3 Å². The van der Waals surface area contributed by atoms with Crippen molar-refractivity contribution in [2.45, 2.75) is 0 Å². The summed E-state index contributed by atoms with van der Waals surface area (Å²) >= 11 is 0. The fourth-order valence-electron chi connectivity index (χ4n) is 8.50. The molecule has 0 aliphatic carbocycles. The van der Waals surface area contributed by atoms with E-state index in [1.165, 1.54) is 10.8 Å². The van der Waals surface area contributed by atoms with E-state index in [2.05, 4.69) is 187 Å². The molecule has 5 nitrogen and oxygen atoms in total. The molecule has 0 saturated carbocycles. The van der Waals surface area contributed by atoms with E-state index in [1.54, 1.807) is 0 Å². The molecule has 0 amide bonds. The van der Waals surface area contributed by atoms with Gasteiger partial charge in [0.25, 0.3) is 0 Å². The molecule has 0 unspecified atom stereocenters. The Bertz CT molecular complexity index is 3410. The number of rotatable bonds is 4. The van der Waals surface area contributed by atoms with Crippen molar-refractivity contribution in [2.75, 3.05) is 0 Å². The predicted molar refractivity (Wildman–Crippen MR) is 230 cm³/mol. The summed E-state index contributed by atoms with van der Waals surface area (Å²) in [5.74, 6) is 1.75. The summed E-state index contributed by atoms with van der Waals surface area (Å²) in [5.41, 5.74) is 7.49. The summed E-state index contributed by atoms with van der Waals surface area (Å²) < 4.78 is 9.37. The minimum atomic E-state index is 0.550. The van der Waals surface area contributed by atoms with Crippen LogP contribution in [0.15, 0.2) is 186 Å². The molecule has 0 aliphatic heterocycles. The average Bonchev–Trinajstić information content (AvgIpc) is 3.80. The highest BCUT2D eigenvalue weighted by molar-refractivity contribution is 6.18. The smallest absolute Gasteiger partial charge is 0.167 e. The molecule has 3 heterocycles.